The molecular weight excluding hydrogens is 624 g/mol. The molecule has 11 heteroatoms. The number of aromatic nitrogens is 3. The largest absolute Gasteiger partial charge is 0.462 e. The number of pyridine rings is 1. The van der Waals surface area contributed by atoms with Crippen LogP contribution in [0, 0.1) is 40.7 Å². The van der Waals surface area contributed by atoms with Crippen molar-refractivity contribution in [3.8, 4) is 35.7 Å². The van der Waals surface area contributed by atoms with Crippen LogP contribution < -0.4 is 9.64 Å². The Balaban J connectivity index is 1.51. The summed E-state index contributed by atoms with van der Waals surface area (Å²) < 4.78 is 38.0. The highest BCUT2D eigenvalue weighted by Crippen LogP contribution is 2.39. The fourth-order valence-electron chi connectivity index (χ4n) is 7.21. The van der Waals surface area contributed by atoms with E-state index < -0.39 is 23.1 Å². The number of carbonyl (C=O) groups is 1. The minimum absolute atomic E-state index is 0.00478. The van der Waals surface area contributed by atoms with Gasteiger partial charge in [-0.25, -0.2) is 8.78 Å². The summed E-state index contributed by atoms with van der Waals surface area (Å²) in [5.74, 6) is 1.18. The highest BCUT2D eigenvalue weighted by molar-refractivity contribution is 6.02. The molecule has 2 saturated heterocycles. The molecule has 2 aliphatic heterocycles. The van der Waals surface area contributed by atoms with Gasteiger partial charge in [0.2, 0.25) is 5.91 Å². The Kier molecular flexibility index (Phi) is 9.49. The first-order valence-corrected chi connectivity index (χ1v) is 16.5. The number of rotatable bonds is 7. The summed E-state index contributed by atoms with van der Waals surface area (Å²) in [7, 11) is 3.71. The minimum Gasteiger partial charge on any atom is -0.462 e. The maximum Gasteiger partial charge on any atom is 0.319 e. The van der Waals surface area contributed by atoms with Gasteiger partial charge in [0.05, 0.1) is 28.5 Å². The summed E-state index contributed by atoms with van der Waals surface area (Å²) in [5.41, 5.74) is -0.556. The molecule has 252 valence electrons. The molecule has 2 unspecified atom stereocenters. The van der Waals surface area contributed by atoms with Gasteiger partial charge in [-0.05, 0) is 63.7 Å². The number of piperidine rings is 1. The zero-order valence-electron chi connectivity index (χ0n) is 28.0. The Morgan fingerprint density at radius 1 is 1.22 bits per heavy atom. The molecule has 0 saturated carbocycles. The van der Waals surface area contributed by atoms with Gasteiger partial charge in [-0.15, -0.1) is 6.42 Å². The molecule has 0 spiro atoms. The van der Waals surface area contributed by atoms with Crippen LogP contribution in [-0.2, 0) is 4.79 Å². The fraction of sp³-hybridized carbons (Fsp3) is 0.395. The number of hydrogen-bond acceptors (Lipinski definition) is 8. The van der Waals surface area contributed by atoms with E-state index in [1.54, 1.807) is 31.3 Å². The van der Waals surface area contributed by atoms with Crippen molar-refractivity contribution in [2.24, 2.45) is 5.41 Å². The van der Waals surface area contributed by atoms with Crippen LogP contribution >= 0.6 is 0 Å². The lowest BCUT2D eigenvalue weighted by Gasteiger charge is -2.38. The zero-order chi connectivity index (χ0) is 34.9. The molecule has 2 aromatic carbocycles. The first-order valence-electron chi connectivity index (χ1n) is 16.5. The van der Waals surface area contributed by atoms with Gasteiger partial charge in [-0.1, -0.05) is 43.2 Å². The van der Waals surface area contributed by atoms with E-state index in [-0.39, 0.29) is 41.3 Å². The Hall–Kier alpha value is -5.13. The lowest BCUT2D eigenvalue weighted by atomic mass is 9.79. The molecule has 2 aliphatic rings. The summed E-state index contributed by atoms with van der Waals surface area (Å²) in [4.78, 5) is 32.5. The van der Waals surface area contributed by atoms with Crippen molar-refractivity contribution < 1.29 is 18.3 Å². The standard InChI is InChI=1S/C38H39F2N7O2/c1-6-26-29(39)16-15-24-12-10-14-27(32(24)26)34-33(40)35-28(20-42-34)36(44-37(43-35)49-22-25-13-8-9-18-45(25)4)47-19-11-17-38(3,23-41)30(21-47)46(5)31(48)7-2/h1,7,10,12,14-16,20,25,30H,2,8-9,11,13,17-19,21-22H2,3-5H3/t25-,30?,38?/m0/s1. The second-order valence-corrected chi connectivity index (χ2v) is 13.2. The van der Waals surface area contributed by atoms with Crippen molar-refractivity contribution in [2.75, 3.05) is 45.2 Å². The summed E-state index contributed by atoms with van der Waals surface area (Å²) in [6.45, 7) is 7.49. The first-order chi connectivity index (χ1) is 23.6. The number of likely N-dealkylation sites (tertiary alicyclic amines) is 1. The molecule has 3 atom stereocenters. The number of benzene rings is 2. The van der Waals surface area contributed by atoms with Crippen LogP contribution in [-0.4, -0.2) is 83.1 Å². The van der Waals surface area contributed by atoms with Crippen molar-refractivity contribution in [1.29, 1.82) is 5.26 Å². The van der Waals surface area contributed by atoms with Crippen molar-refractivity contribution >= 4 is 33.4 Å². The van der Waals surface area contributed by atoms with Crippen LogP contribution in [0.15, 0.2) is 49.2 Å². The summed E-state index contributed by atoms with van der Waals surface area (Å²) in [5, 5.41) is 11.6. The molecule has 4 aromatic rings. The summed E-state index contributed by atoms with van der Waals surface area (Å²) >= 11 is 0. The molecule has 6 rings (SSSR count). The van der Waals surface area contributed by atoms with Gasteiger partial charge in [-0.2, -0.15) is 15.2 Å². The minimum atomic E-state index is -0.856. The number of likely N-dealkylation sites (N-methyl/N-ethyl adjacent to an activating group) is 2. The Morgan fingerprint density at radius 2 is 2.04 bits per heavy atom. The topological polar surface area (TPSA) is 98.5 Å². The zero-order valence-corrected chi connectivity index (χ0v) is 28.0. The predicted octanol–water partition coefficient (Wildman–Crippen LogP) is 6.11. The molecule has 0 N–H and O–H groups in total. The molecule has 0 radical (unpaired) electrons. The molecular formula is C38H39F2N7O2. The fourth-order valence-corrected chi connectivity index (χ4v) is 7.21. The first kappa shape index (κ1) is 33.8. The second-order valence-electron chi connectivity index (χ2n) is 13.2. The van der Waals surface area contributed by atoms with Crippen LogP contribution in [0.3, 0.4) is 0 Å². The van der Waals surface area contributed by atoms with Crippen LogP contribution in [0.4, 0.5) is 14.6 Å². The quantitative estimate of drug-likeness (QED) is 0.173. The number of fused-ring (bicyclic) bond motifs is 2. The van der Waals surface area contributed by atoms with Crippen molar-refractivity contribution in [3.05, 3.63) is 66.4 Å². The van der Waals surface area contributed by atoms with E-state index in [4.69, 9.17) is 16.1 Å². The van der Waals surface area contributed by atoms with Crippen LogP contribution in [0.25, 0.3) is 32.9 Å². The van der Waals surface area contributed by atoms with E-state index in [0.29, 0.717) is 53.5 Å². The van der Waals surface area contributed by atoms with Crippen molar-refractivity contribution in [3.63, 3.8) is 0 Å². The molecule has 2 fully saturated rings. The van der Waals surface area contributed by atoms with E-state index >= 15 is 4.39 Å². The third kappa shape index (κ3) is 6.27. The van der Waals surface area contributed by atoms with E-state index in [1.165, 1.54) is 23.2 Å². The normalized spacial score (nSPS) is 21.5. The average molecular weight is 664 g/mol. The number of nitriles is 1. The molecule has 0 aliphatic carbocycles. The van der Waals surface area contributed by atoms with E-state index in [0.717, 1.165) is 25.8 Å². The van der Waals surface area contributed by atoms with Gasteiger partial charge in [0.1, 0.15) is 29.5 Å². The summed E-state index contributed by atoms with van der Waals surface area (Å²) in [6, 6.07) is 10.2. The van der Waals surface area contributed by atoms with Gasteiger partial charge >= 0.3 is 6.01 Å². The van der Waals surface area contributed by atoms with Gasteiger partial charge in [-0.3, -0.25) is 9.78 Å². The third-order valence-electron chi connectivity index (χ3n) is 10.2. The summed E-state index contributed by atoms with van der Waals surface area (Å²) in [6.07, 6.45) is 12.8. The molecule has 4 heterocycles. The predicted molar refractivity (Wildman–Crippen MR) is 186 cm³/mol. The van der Waals surface area contributed by atoms with Crippen LogP contribution in [0.5, 0.6) is 6.01 Å². The maximum atomic E-state index is 16.9. The Labute approximate surface area is 285 Å². The second kappa shape index (κ2) is 13.8. The average Bonchev–Trinajstić information content (AvgIpc) is 3.29. The lowest BCUT2D eigenvalue weighted by molar-refractivity contribution is -0.128. The van der Waals surface area contributed by atoms with Crippen LogP contribution in [0.1, 0.15) is 44.6 Å². The number of anilines is 1. The molecule has 0 bridgehead atoms. The van der Waals surface area contributed by atoms with Gasteiger partial charge in [0.25, 0.3) is 0 Å². The number of ether oxygens (including phenoxy) is 1. The van der Waals surface area contributed by atoms with Crippen molar-refractivity contribution in [2.45, 2.75) is 51.1 Å². The van der Waals surface area contributed by atoms with E-state index in [2.05, 4.69) is 40.5 Å². The molecule has 1 amide bonds. The highest BCUT2D eigenvalue weighted by atomic mass is 19.1. The lowest BCUT2D eigenvalue weighted by Crippen LogP contribution is -2.51. The Morgan fingerprint density at radius 3 is 2.78 bits per heavy atom. The number of amides is 1. The van der Waals surface area contributed by atoms with E-state index in [9.17, 15) is 14.4 Å². The van der Waals surface area contributed by atoms with Gasteiger partial charge in [0.15, 0.2) is 5.82 Å². The number of halogens is 2. The smallest absolute Gasteiger partial charge is 0.319 e. The number of terminal acetylenes is 1. The third-order valence-corrected chi connectivity index (χ3v) is 10.2. The van der Waals surface area contributed by atoms with E-state index in [1.807, 2.05) is 11.8 Å². The van der Waals surface area contributed by atoms with Crippen molar-refractivity contribution in [1.82, 2.24) is 24.8 Å². The molecule has 9 nitrogen and oxygen atoms in total. The highest BCUT2D eigenvalue weighted by Gasteiger charge is 2.42. The SMILES string of the molecule is C#Cc1c(F)ccc2cccc(-c3ncc4c(N5CCCC(C)(C#N)C(N(C)C(=O)C=C)C5)nc(OC[C@@H]5CCCCN5C)nc4c3F)c12. The van der Waals surface area contributed by atoms with Gasteiger partial charge < -0.3 is 19.4 Å². The number of nitrogens with zero attached hydrogens (tertiary/aromatic N) is 7. The molecule has 2 aromatic heterocycles. The number of carbonyl (C=O) groups excluding carboxylic acids is 1. The Bertz CT molecular complexity index is 2020. The molecule has 49 heavy (non-hydrogen) atoms. The monoisotopic (exact) mass is 663 g/mol. The maximum absolute atomic E-state index is 16.9. The van der Waals surface area contributed by atoms with Crippen LogP contribution in [0.2, 0.25) is 0 Å². The number of hydrogen-bond donors (Lipinski definition) is 0. The van der Waals surface area contributed by atoms with Gasteiger partial charge in [0, 0.05) is 43.3 Å².